The maximum absolute atomic E-state index is 13.6. The molecule has 0 aliphatic heterocycles. The maximum Gasteiger partial charge on any atom is 0.254 e. The molecule has 1 fully saturated rings. The Balaban J connectivity index is 1.40. The number of carbonyl (C=O) groups is 1. The van der Waals surface area contributed by atoms with Gasteiger partial charge in [0.25, 0.3) is 5.91 Å². The molecular weight excluding hydrogens is 484 g/mol. The van der Waals surface area contributed by atoms with Gasteiger partial charge in [-0.2, -0.15) is 0 Å². The number of nitrogen functional groups attached to an aromatic ring is 1. The van der Waals surface area contributed by atoms with Crippen LogP contribution in [0.4, 0.5) is 5.95 Å². The van der Waals surface area contributed by atoms with Gasteiger partial charge in [0.1, 0.15) is 11.5 Å². The minimum atomic E-state index is 0.120. The largest absolute Gasteiger partial charge is 0.456 e. The van der Waals surface area contributed by atoms with Crippen LogP contribution in [-0.2, 0) is 6.54 Å². The van der Waals surface area contributed by atoms with Crippen LogP contribution in [-0.4, -0.2) is 32.9 Å². The smallest absolute Gasteiger partial charge is 0.254 e. The monoisotopic (exact) mass is 516 g/mol. The second-order valence-electron chi connectivity index (χ2n) is 9.73. The third-order valence-electron chi connectivity index (χ3n) is 7.07. The zero-order chi connectivity index (χ0) is 25.8. The first-order valence-electron chi connectivity index (χ1n) is 13.1. The highest BCUT2D eigenvalue weighted by molar-refractivity contribution is 6.32. The van der Waals surface area contributed by atoms with E-state index in [9.17, 15) is 4.79 Å². The lowest BCUT2D eigenvalue weighted by Crippen LogP contribution is -2.42. The molecule has 37 heavy (non-hydrogen) atoms. The molecule has 6 nitrogen and oxygen atoms in total. The summed E-state index contributed by atoms with van der Waals surface area (Å²) in [7, 11) is 0. The third-order valence-corrected chi connectivity index (χ3v) is 7.38. The molecule has 3 aromatic carbocycles. The van der Waals surface area contributed by atoms with E-state index in [1.54, 1.807) is 6.07 Å². The van der Waals surface area contributed by atoms with E-state index in [1.165, 1.54) is 19.3 Å². The Morgan fingerprint density at radius 1 is 1.08 bits per heavy atom. The fourth-order valence-corrected chi connectivity index (χ4v) is 5.41. The molecule has 0 saturated heterocycles. The zero-order valence-corrected chi connectivity index (χ0v) is 22.0. The molecule has 1 aliphatic carbocycles. The summed E-state index contributed by atoms with van der Waals surface area (Å²) in [6.45, 7) is 3.42. The first-order chi connectivity index (χ1) is 18.0. The number of fused-ring (bicyclic) bond motifs is 1. The van der Waals surface area contributed by atoms with Crippen molar-refractivity contribution in [1.29, 1.82) is 0 Å². The molecule has 0 spiro atoms. The molecule has 7 heteroatoms. The van der Waals surface area contributed by atoms with Crippen LogP contribution in [0.2, 0.25) is 5.02 Å². The van der Waals surface area contributed by atoms with Crippen molar-refractivity contribution < 1.29 is 9.53 Å². The lowest BCUT2D eigenvalue weighted by atomic mass is 9.93. The van der Waals surface area contributed by atoms with Crippen molar-refractivity contribution in [3.8, 4) is 11.5 Å². The summed E-state index contributed by atoms with van der Waals surface area (Å²) in [6.07, 6.45) is 6.83. The minimum Gasteiger partial charge on any atom is -0.456 e. The van der Waals surface area contributed by atoms with Gasteiger partial charge in [0.15, 0.2) is 0 Å². The fourth-order valence-electron chi connectivity index (χ4n) is 5.24. The predicted octanol–water partition coefficient (Wildman–Crippen LogP) is 7.30. The molecule has 1 aromatic heterocycles. The zero-order valence-electron chi connectivity index (χ0n) is 21.2. The third kappa shape index (κ3) is 5.59. The number of carbonyl (C=O) groups excluding carboxylic acids is 1. The molecule has 0 radical (unpaired) electrons. The van der Waals surface area contributed by atoms with Crippen molar-refractivity contribution in [2.24, 2.45) is 0 Å². The Hall–Kier alpha value is -3.51. The number of nitrogens with zero attached hydrogens (tertiary/aromatic N) is 3. The first kappa shape index (κ1) is 25.2. The Bertz CT molecular complexity index is 1390. The van der Waals surface area contributed by atoms with Crippen molar-refractivity contribution >= 4 is 34.5 Å². The average molecular weight is 517 g/mol. The van der Waals surface area contributed by atoms with E-state index >= 15 is 0 Å². The summed E-state index contributed by atoms with van der Waals surface area (Å²) in [5.74, 6) is 1.77. The van der Waals surface area contributed by atoms with E-state index in [4.69, 9.17) is 22.1 Å². The van der Waals surface area contributed by atoms with Crippen molar-refractivity contribution in [3.05, 3.63) is 82.9 Å². The number of hydrogen-bond donors (Lipinski definition) is 1. The molecule has 1 heterocycles. The molecule has 1 saturated carbocycles. The standard InChI is InChI=1S/C30H33ClN4O2/c1-2-17-34(23-11-4-3-5-12-23)29(36)22-10-8-9-21(18-22)20-35-27-19-24(15-16-26(27)33-30(35)32)37-28-14-7-6-13-25(28)31/h6-10,13-16,18-19,23H,2-5,11-12,17,20H2,1H3,(H2,32,33). The Morgan fingerprint density at radius 2 is 1.89 bits per heavy atom. The molecule has 0 unspecified atom stereocenters. The van der Waals surface area contributed by atoms with Gasteiger partial charge >= 0.3 is 0 Å². The van der Waals surface area contributed by atoms with Crippen molar-refractivity contribution in [3.63, 3.8) is 0 Å². The highest BCUT2D eigenvalue weighted by Gasteiger charge is 2.25. The molecule has 1 aliphatic rings. The molecule has 5 rings (SSSR count). The number of amides is 1. The second kappa shape index (κ2) is 11.3. The summed E-state index contributed by atoms with van der Waals surface area (Å²) < 4.78 is 7.97. The molecule has 4 aromatic rings. The van der Waals surface area contributed by atoms with Crippen LogP contribution in [0.5, 0.6) is 11.5 Å². The van der Waals surface area contributed by atoms with Crippen LogP contribution in [0.25, 0.3) is 11.0 Å². The SMILES string of the molecule is CCCN(C(=O)c1cccc(Cn2c(N)nc3ccc(Oc4ccccc4Cl)cc32)c1)C1CCCCC1. The van der Waals surface area contributed by atoms with E-state index in [0.717, 1.165) is 48.0 Å². The van der Waals surface area contributed by atoms with Crippen LogP contribution < -0.4 is 10.5 Å². The number of aromatic nitrogens is 2. The van der Waals surface area contributed by atoms with Gasteiger partial charge in [0, 0.05) is 24.2 Å². The highest BCUT2D eigenvalue weighted by atomic mass is 35.5. The summed E-state index contributed by atoms with van der Waals surface area (Å²) in [6, 6.07) is 21.3. The number of hydrogen-bond acceptors (Lipinski definition) is 4. The number of para-hydroxylation sites is 1. The van der Waals surface area contributed by atoms with E-state index in [1.807, 2.05) is 65.2 Å². The van der Waals surface area contributed by atoms with Crippen molar-refractivity contribution in [1.82, 2.24) is 14.5 Å². The van der Waals surface area contributed by atoms with Crippen LogP contribution in [0.1, 0.15) is 61.4 Å². The second-order valence-corrected chi connectivity index (χ2v) is 10.1. The number of rotatable bonds is 8. The van der Waals surface area contributed by atoms with Crippen LogP contribution in [0.15, 0.2) is 66.7 Å². The van der Waals surface area contributed by atoms with Gasteiger partial charge in [0.2, 0.25) is 5.95 Å². The molecular formula is C30H33ClN4O2. The fraction of sp³-hybridized carbons (Fsp3) is 0.333. The van der Waals surface area contributed by atoms with Crippen LogP contribution in [0, 0.1) is 0 Å². The summed E-state index contributed by atoms with van der Waals surface area (Å²) >= 11 is 6.27. The Morgan fingerprint density at radius 3 is 2.68 bits per heavy atom. The minimum absolute atomic E-state index is 0.120. The lowest BCUT2D eigenvalue weighted by molar-refractivity contribution is 0.0634. The number of ether oxygens (including phenoxy) is 1. The normalized spacial score (nSPS) is 14.1. The van der Waals surface area contributed by atoms with Crippen LogP contribution in [0.3, 0.4) is 0 Å². The maximum atomic E-state index is 13.6. The molecule has 192 valence electrons. The van der Waals surface area contributed by atoms with Crippen LogP contribution >= 0.6 is 11.6 Å². The summed E-state index contributed by atoms with van der Waals surface area (Å²) in [5, 5.41) is 0.544. The average Bonchev–Trinajstić information content (AvgIpc) is 3.23. The van der Waals surface area contributed by atoms with E-state index in [0.29, 0.717) is 35.1 Å². The Kier molecular flexibility index (Phi) is 7.65. The van der Waals surface area contributed by atoms with Gasteiger partial charge in [-0.3, -0.25) is 4.79 Å². The van der Waals surface area contributed by atoms with Gasteiger partial charge in [-0.05, 0) is 61.2 Å². The number of nitrogens with two attached hydrogens (primary N) is 1. The van der Waals surface area contributed by atoms with Gasteiger partial charge in [-0.1, -0.05) is 62.1 Å². The summed E-state index contributed by atoms with van der Waals surface area (Å²) in [5.41, 5.74) is 9.68. The van der Waals surface area contributed by atoms with E-state index < -0.39 is 0 Å². The molecule has 2 N–H and O–H groups in total. The lowest BCUT2D eigenvalue weighted by Gasteiger charge is -2.34. The van der Waals surface area contributed by atoms with E-state index in [2.05, 4.69) is 16.8 Å². The Labute approximate surface area is 223 Å². The van der Waals surface area contributed by atoms with Crippen molar-refractivity contribution in [2.45, 2.75) is 58.0 Å². The van der Waals surface area contributed by atoms with Gasteiger partial charge in [-0.25, -0.2) is 4.98 Å². The van der Waals surface area contributed by atoms with Crippen molar-refractivity contribution in [2.75, 3.05) is 12.3 Å². The summed E-state index contributed by atoms with van der Waals surface area (Å²) in [4.78, 5) is 20.2. The topological polar surface area (TPSA) is 73.4 Å². The number of imidazole rings is 1. The molecule has 1 amide bonds. The van der Waals surface area contributed by atoms with Gasteiger partial charge in [0.05, 0.1) is 22.6 Å². The molecule has 0 atom stereocenters. The number of halogens is 1. The van der Waals surface area contributed by atoms with Gasteiger partial charge < -0.3 is 19.9 Å². The van der Waals surface area contributed by atoms with E-state index in [-0.39, 0.29) is 5.91 Å². The quantitative estimate of drug-likeness (QED) is 0.266. The molecule has 0 bridgehead atoms. The van der Waals surface area contributed by atoms with Gasteiger partial charge in [-0.15, -0.1) is 0 Å². The highest BCUT2D eigenvalue weighted by Crippen LogP contribution is 2.32. The number of benzene rings is 3. The number of anilines is 1. The first-order valence-corrected chi connectivity index (χ1v) is 13.5. The predicted molar refractivity (Wildman–Crippen MR) is 149 cm³/mol.